The van der Waals surface area contributed by atoms with Crippen molar-refractivity contribution in [1.82, 2.24) is 4.98 Å². The van der Waals surface area contributed by atoms with E-state index in [9.17, 15) is 4.79 Å². The van der Waals surface area contributed by atoms with Gasteiger partial charge < -0.3 is 4.74 Å². The number of esters is 1. The number of hydrogen-bond acceptors (Lipinski definition) is 3. The van der Waals surface area contributed by atoms with E-state index in [0.29, 0.717) is 16.8 Å². The van der Waals surface area contributed by atoms with Crippen LogP contribution in [0, 0.1) is 0 Å². The summed E-state index contributed by atoms with van der Waals surface area (Å²) in [7, 11) is 0. The SMILES string of the molecule is O=C1OCc2ccnc(Br)c21. The number of carbonyl (C=O) groups is 1. The monoisotopic (exact) mass is 213 g/mol. The normalized spacial score (nSPS) is 14.5. The van der Waals surface area contributed by atoms with Crippen molar-refractivity contribution < 1.29 is 9.53 Å². The molecule has 0 spiro atoms. The number of aromatic nitrogens is 1. The second kappa shape index (κ2) is 2.30. The molecule has 1 aromatic rings. The average molecular weight is 214 g/mol. The topological polar surface area (TPSA) is 39.2 Å². The van der Waals surface area contributed by atoms with E-state index in [1.165, 1.54) is 0 Å². The second-order valence-corrected chi connectivity index (χ2v) is 2.96. The minimum absolute atomic E-state index is 0.292. The van der Waals surface area contributed by atoms with Gasteiger partial charge >= 0.3 is 5.97 Å². The molecule has 1 aliphatic heterocycles. The molecule has 11 heavy (non-hydrogen) atoms. The van der Waals surface area contributed by atoms with Gasteiger partial charge in [0.05, 0.1) is 5.56 Å². The number of fused-ring (bicyclic) bond motifs is 1. The van der Waals surface area contributed by atoms with Crippen molar-refractivity contribution >= 4 is 21.9 Å². The molecular weight excluding hydrogens is 210 g/mol. The molecule has 0 bridgehead atoms. The van der Waals surface area contributed by atoms with E-state index in [1.54, 1.807) is 12.3 Å². The summed E-state index contributed by atoms with van der Waals surface area (Å²) in [5.74, 6) is -0.292. The largest absolute Gasteiger partial charge is 0.457 e. The molecule has 0 unspecified atom stereocenters. The highest BCUT2D eigenvalue weighted by Crippen LogP contribution is 2.24. The van der Waals surface area contributed by atoms with E-state index in [4.69, 9.17) is 4.74 Å². The Morgan fingerprint density at radius 1 is 1.64 bits per heavy atom. The van der Waals surface area contributed by atoms with Gasteiger partial charge in [-0.15, -0.1) is 0 Å². The summed E-state index contributed by atoms with van der Waals surface area (Å²) in [6.07, 6.45) is 1.64. The summed E-state index contributed by atoms with van der Waals surface area (Å²) < 4.78 is 5.36. The number of cyclic esters (lactones) is 1. The fraction of sp³-hybridized carbons (Fsp3) is 0.143. The molecule has 0 amide bonds. The van der Waals surface area contributed by atoms with Crippen molar-refractivity contribution in [2.75, 3.05) is 0 Å². The van der Waals surface area contributed by atoms with Crippen molar-refractivity contribution in [1.29, 1.82) is 0 Å². The number of hydrogen-bond donors (Lipinski definition) is 0. The molecule has 3 nitrogen and oxygen atoms in total. The first-order chi connectivity index (χ1) is 5.29. The summed E-state index contributed by atoms with van der Waals surface area (Å²) in [5.41, 5.74) is 1.46. The number of pyridine rings is 1. The lowest BCUT2D eigenvalue weighted by Crippen LogP contribution is -1.95. The van der Waals surface area contributed by atoms with E-state index < -0.39 is 0 Å². The van der Waals surface area contributed by atoms with Gasteiger partial charge in [0.25, 0.3) is 0 Å². The van der Waals surface area contributed by atoms with Gasteiger partial charge in [-0.1, -0.05) is 0 Å². The standard InChI is InChI=1S/C7H4BrNO2/c8-6-5-4(1-2-9-6)3-11-7(5)10/h1-2H,3H2. The quantitative estimate of drug-likeness (QED) is 0.485. The fourth-order valence-electron chi connectivity index (χ4n) is 1.02. The Balaban J connectivity index is 2.68. The van der Waals surface area contributed by atoms with E-state index in [0.717, 1.165) is 5.56 Å². The summed E-state index contributed by atoms with van der Waals surface area (Å²) in [6.45, 7) is 0.370. The molecule has 0 saturated carbocycles. The summed E-state index contributed by atoms with van der Waals surface area (Å²) in [5, 5.41) is 0. The van der Waals surface area contributed by atoms with Gasteiger partial charge in [-0.05, 0) is 22.0 Å². The molecule has 0 radical (unpaired) electrons. The first kappa shape index (κ1) is 6.79. The first-order valence-electron chi connectivity index (χ1n) is 3.09. The minimum atomic E-state index is -0.292. The lowest BCUT2D eigenvalue weighted by atomic mass is 10.2. The maximum atomic E-state index is 11.0. The maximum absolute atomic E-state index is 11.0. The van der Waals surface area contributed by atoms with Crippen molar-refractivity contribution in [2.24, 2.45) is 0 Å². The van der Waals surface area contributed by atoms with Crippen LogP contribution in [-0.2, 0) is 11.3 Å². The third kappa shape index (κ3) is 0.939. The molecule has 0 aliphatic carbocycles. The number of halogens is 1. The number of rotatable bonds is 0. The molecule has 1 aromatic heterocycles. The fourth-order valence-corrected chi connectivity index (χ4v) is 1.56. The Kier molecular flexibility index (Phi) is 1.42. The van der Waals surface area contributed by atoms with Crippen LogP contribution in [0.3, 0.4) is 0 Å². The van der Waals surface area contributed by atoms with Crippen LogP contribution in [0.2, 0.25) is 0 Å². The number of ether oxygens (including phenoxy) is 1. The first-order valence-corrected chi connectivity index (χ1v) is 3.89. The Morgan fingerprint density at radius 3 is 3.18 bits per heavy atom. The van der Waals surface area contributed by atoms with E-state index in [1.807, 2.05) is 0 Å². The predicted molar refractivity (Wildman–Crippen MR) is 41.1 cm³/mol. The number of nitrogens with zero attached hydrogens (tertiary/aromatic N) is 1. The van der Waals surface area contributed by atoms with Gasteiger partial charge in [0, 0.05) is 11.8 Å². The van der Waals surface area contributed by atoms with Gasteiger partial charge in [-0.3, -0.25) is 0 Å². The molecule has 2 rings (SSSR count). The Morgan fingerprint density at radius 2 is 2.45 bits per heavy atom. The highest BCUT2D eigenvalue weighted by molar-refractivity contribution is 9.10. The van der Waals surface area contributed by atoms with Gasteiger partial charge in [0.15, 0.2) is 0 Å². The average Bonchev–Trinajstić information content (AvgIpc) is 2.34. The van der Waals surface area contributed by atoms with Crippen LogP contribution in [0.15, 0.2) is 16.9 Å². The van der Waals surface area contributed by atoms with Crippen LogP contribution in [0.25, 0.3) is 0 Å². The van der Waals surface area contributed by atoms with Crippen LogP contribution in [0.5, 0.6) is 0 Å². The van der Waals surface area contributed by atoms with Gasteiger partial charge in [-0.25, -0.2) is 9.78 Å². The van der Waals surface area contributed by atoms with Crippen LogP contribution in [0.1, 0.15) is 15.9 Å². The molecular formula is C7H4BrNO2. The lowest BCUT2D eigenvalue weighted by molar-refractivity contribution is 0.0534. The zero-order valence-corrected chi connectivity index (χ0v) is 7.09. The molecule has 0 aromatic carbocycles. The smallest absolute Gasteiger partial charge is 0.341 e. The summed E-state index contributed by atoms with van der Waals surface area (Å²) >= 11 is 3.18. The molecule has 0 atom stereocenters. The van der Waals surface area contributed by atoms with Crippen LogP contribution < -0.4 is 0 Å². The molecule has 0 fully saturated rings. The number of carbonyl (C=O) groups excluding carboxylic acids is 1. The Hall–Kier alpha value is -0.900. The zero-order chi connectivity index (χ0) is 7.84. The minimum Gasteiger partial charge on any atom is -0.457 e. The van der Waals surface area contributed by atoms with Gasteiger partial charge in [0.1, 0.15) is 11.2 Å². The van der Waals surface area contributed by atoms with Crippen LogP contribution in [-0.4, -0.2) is 11.0 Å². The highest BCUT2D eigenvalue weighted by Gasteiger charge is 2.23. The van der Waals surface area contributed by atoms with Gasteiger partial charge in [0.2, 0.25) is 0 Å². The molecule has 1 aliphatic rings. The summed E-state index contributed by atoms with van der Waals surface area (Å²) in [6, 6.07) is 1.78. The molecule has 56 valence electrons. The van der Waals surface area contributed by atoms with Crippen LogP contribution in [0.4, 0.5) is 0 Å². The third-order valence-corrected chi connectivity index (χ3v) is 2.16. The third-order valence-electron chi connectivity index (χ3n) is 1.55. The van der Waals surface area contributed by atoms with Gasteiger partial charge in [-0.2, -0.15) is 0 Å². The van der Waals surface area contributed by atoms with E-state index in [2.05, 4.69) is 20.9 Å². The van der Waals surface area contributed by atoms with E-state index in [-0.39, 0.29) is 5.97 Å². The maximum Gasteiger partial charge on any atom is 0.341 e. The van der Waals surface area contributed by atoms with E-state index >= 15 is 0 Å². The van der Waals surface area contributed by atoms with Crippen molar-refractivity contribution in [2.45, 2.75) is 6.61 Å². The lowest BCUT2D eigenvalue weighted by Gasteiger charge is -1.93. The zero-order valence-electron chi connectivity index (χ0n) is 5.50. The molecule has 2 heterocycles. The summed E-state index contributed by atoms with van der Waals surface area (Å²) in [4.78, 5) is 14.9. The van der Waals surface area contributed by atoms with Crippen molar-refractivity contribution in [3.63, 3.8) is 0 Å². The Bertz CT molecular complexity index is 324. The second-order valence-electron chi connectivity index (χ2n) is 2.21. The van der Waals surface area contributed by atoms with Crippen molar-refractivity contribution in [3.05, 3.63) is 28.0 Å². The Labute approximate surface area is 71.5 Å². The molecule has 4 heteroatoms. The molecule has 0 N–H and O–H groups in total. The molecule has 0 saturated heterocycles. The van der Waals surface area contributed by atoms with Crippen LogP contribution >= 0.6 is 15.9 Å². The highest BCUT2D eigenvalue weighted by atomic mass is 79.9. The predicted octanol–water partition coefficient (Wildman–Crippen LogP) is 1.51. The van der Waals surface area contributed by atoms with Crippen molar-refractivity contribution in [3.8, 4) is 0 Å².